The first-order valence-electron chi connectivity index (χ1n) is 2.07. The maximum atomic E-state index is 5.09. The molecule has 0 fully saturated rings. The van der Waals surface area contributed by atoms with Crippen LogP contribution < -0.4 is 11.1 Å². The van der Waals surface area contributed by atoms with Crippen molar-refractivity contribution < 1.29 is 0 Å². The predicted octanol–water partition coefficient (Wildman–Crippen LogP) is 0.540. The Bertz CT molecular complexity index is 84.1. The topological polar surface area (TPSA) is 38.0 Å². The first kappa shape index (κ1) is 6.08. The maximum absolute atomic E-state index is 5.09. The number of rotatable bonds is 2. The molecule has 0 aromatic rings. The van der Waals surface area contributed by atoms with E-state index in [0.29, 0.717) is 0 Å². The highest BCUT2D eigenvalue weighted by atomic mass is 14.8. The van der Waals surface area contributed by atoms with E-state index in [1.807, 2.05) is 6.92 Å². The monoisotopic (exact) mass is 98.1 g/mol. The van der Waals surface area contributed by atoms with Crippen molar-refractivity contribution in [3.05, 3.63) is 24.7 Å². The lowest BCUT2D eigenvalue weighted by Crippen LogP contribution is -2.01. The van der Waals surface area contributed by atoms with Gasteiger partial charge >= 0.3 is 0 Å². The fraction of sp³-hybridized carbons (Fsp3) is 0.200. The Hall–Kier alpha value is -0.920. The summed E-state index contributed by atoms with van der Waals surface area (Å²) in [5.41, 5.74) is 6.00. The first-order chi connectivity index (χ1) is 3.31. The third-order valence-electron chi connectivity index (χ3n) is 0.580. The zero-order valence-corrected chi connectivity index (χ0v) is 4.44. The molecule has 0 radical (unpaired) electrons. The van der Waals surface area contributed by atoms with E-state index in [2.05, 4.69) is 11.9 Å². The molecule has 2 nitrogen and oxygen atoms in total. The Morgan fingerprint density at radius 2 is 2.43 bits per heavy atom. The van der Waals surface area contributed by atoms with Gasteiger partial charge in [0.15, 0.2) is 0 Å². The van der Waals surface area contributed by atoms with Gasteiger partial charge < -0.3 is 11.1 Å². The Morgan fingerprint density at radius 3 is 2.57 bits per heavy atom. The van der Waals surface area contributed by atoms with E-state index in [1.165, 1.54) is 6.20 Å². The number of allylic oxidation sites excluding steroid dienone is 1. The van der Waals surface area contributed by atoms with Crippen molar-refractivity contribution in [3.63, 3.8) is 0 Å². The molecule has 0 aromatic carbocycles. The van der Waals surface area contributed by atoms with Gasteiger partial charge in [0.2, 0.25) is 0 Å². The summed E-state index contributed by atoms with van der Waals surface area (Å²) in [5.74, 6) is 0. The largest absolute Gasteiger partial charge is 0.403 e. The standard InChI is InChI=1S/C5H10N2/c1-3-7-5(2)4-6/h3-4,7H,1,6H2,2H3/b5-4-. The summed E-state index contributed by atoms with van der Waals surface area (Å²) in [6.07, 6.45) is 3.07. The van der Waals surface area contributed by atoms with Gasteiger partial charge in [0.1, 0.15) is 0 Å². The quantitative estimate of drug-likeness (QED) is 0.529. The minimum Gasteiger partial charge on any atom is -0.403 e. The van der Waals surface area contributed by atoms with Crippen molar-refractivity contribution in [2.45, 2.75) is 6.92 Å². The minimum atomic E-state index is 0.912. The van der Waals surface area contributed by atoms with Gasteiger partial charge in [0, 0.05) is 11.9 Å². The highest BCUT2D eigenvalue weighted by Crippen LogP contribution is 1.76. The highest BCUT2D eigenvalue weighted by Gasteiger charge is 1.72. The molecule has 3 N–H and O–H groups in total. The van der Waals surface area contributed by atoms with E-state index >= 15 is 0 Å². The Labute approximate surface area is 43.7 Å². The summed E-state index contributed by atoms with van der Waals surface area (Å²) in [4.78, 5) is 0. The lowest BCUT2D eigenvalue weighted by Gasteiger charge is -1.93. The van der Waals surface area contributed by atoms with E-state index in [9.17, 15) is 0 Å². The van der Waals surface area contributed by atoms with Crippen molar-refractivity contribution >= 4 is 0 Å². The van der Waals surface area contributed by atoms with Crippen LogP contribution in [-0.4, -0.2) is 0 Å². The van der Waals surface area contributed by atoms with Gasteiger partial charge in [-0.15, -0.1) is 0 Å². The summed E-state index contributed by atoms with van der Waals surface area (Å²) in [6.45, 7) is 5.30. The van der Waals surface area contributed by atoms with Crippen LogP contribution in [0.15, 0.2) is 24.7 Å². The van der Waals surface area contributed by atoms with Crippen molar-refractivity contribution in [2.24, 2.45) is 5.73 Å². The van der Waals surface area contributed by atoms with Crippen LogP contribution in [0.4, 0.5) is 0 Å². The minimum absolute atomic E-state index is 0.912. The second kappa shape index (κ2) is 3.28. The predicted molar refractivity (Wildman–Crippen MR) is 31.3 cm³/mol. The van der Waals surface area contributed by atoms with Gasteiger partial charge in [-0.2, -0.15) is 0 Å². The summed E-state index contributed by atoms with van der Waals surface area (Å²) in [5, 5.41) is 2.80. The second-order valence-corrected chi connectivity index (χ2v) is 1.20. The molecule has 0 aliphatic rings. The number of hydrogen-bond acceptors (Lipinski definition) is 2. The van der Waals surface area contributed by atoms with E-state index in [4.69, 9.17) is 5.73 Å². The molecule has 0 bridgehead atoms. The highest BCUT2D eigenvalue weighted by molar-refractivity contribution is 4.94. The molecule has 0 atom stereocenters. The Morgan fingerprint density at radius 1 is 1.86 bits per heavy atom. The molecule has 0 spiro atoms. The molecule has 0 heterocycles. The summed E-state index contributed by atoms with van der Waals surface area (Å²) in [7, 11) is 0. The smallest absolute Gasteiger partial charge is 0.0272 e. The SMILES string of the molecule is C=CN/C(C)=C\N. The fourth-order valence-corrected chi connectivity index (χ4v) is 0.209. The third-order valence-corrected chi connectivity index (χ3v) is 0.580. The van der Waals surface area contributed by atoms with E-state index in [0.717, 1.165) is 5.70 Å². The zero-order valence-electron chi connectivity index (χ0n) is 4.44. The first-order valence-corrected chi connectivity index (χ1v) is 2.07. The van der Waals surface area contributed by atoms with E-state index in [-0.39, 0.29) is 0 Å². The van der Waals surface area contributed by atoms with Crippen LogP contribution in [-0.2, 0) is 0 Å². The average molecular weight is 98.1 g/mol. The van der Waals surface area contributed by atoms with Crippen molar-refractivity contribution in [1.82, 2.24) is 5.32 Å². The van der Waals surface area contributed by atoms with Crippen LogP contribution >= 0.6 is 0 Å². The van der Waals surface area contributed by atoms with Crippen molar-refractivity contribution in [1.29, 1.82) is 0 Å². The van der Waals surface area contributed by atoms with Crippen LogP contribution in [0.2, 0.25) is 0 Å². The number of nitrogens with two attached hydrogens (primary N) is 1. The van der Waals surface area contributed by atoms with Crippen molar-refractivity contribution in [3.8, 4) is 0 Å². The molecule has 0 saturated heterocycles. The van der Waals surface area contributed by atoms with Crippen LogP contribution in [0.25, 0.3) is 0 Å². The second-order valence-electron chi connectivity index (χ2n) is 1.20. The third kappa shape index (κ3) is 2.89. The summed E-state index contributed by atoms with van der Waals surface area (Å²) >= 11 is 0. The van der Waals surface area contributed by atoms with Crippen LogP contribution in [0.5, 0.6) is 0 Å². The molecule has 0 unspecified atom stereocenters. The number of hydrogen-bond donors (Lipinski definition) is 2. The van der Waals surface area contributed by atoms with Gasteiger partial charge in [-0.3, -0.25) is 0 Å². The maximum Gasteiger partial charge on any atom is 0.0272 e. The van der Waals surface area contributed by atoms with Gasteiger partial charge in [-0.1, -0.05) is 6.58 Å². The van der Waals surface area contributed by atoms with Crippen molar-refractivity contribution in [2.75, 3.05) is 0 Å². The average Bonchev–Trinajstić information content (AvgIpc) is 1.68. The van der Waals surface area contributed by atoms with E-state index in [1.54, 1.807) is 6.20 Å². The Kier molecular flexibility index (Phi) is 2.85. The molecule has 0 amide bonds. The lowest BCUT2D eigenvalue weighted by atomic mass is 10.5. The molecule has 0 aliphatic heterocycles. The summed E-state index contributed by atoms with van der Waals surface area (Å²) < 4.78 is 0. The molecule has 2 heteroatoms. The molecule has 0 aromatic heterocycles. The zero-order chi connectivity index (χ0) is 5.70. The lowest BCUT2D eigenvalue weighted by molar-refractivity contribution is 1.05. The van der Waals surface area contributed by atoms with Gasteiger partial charge in [-0.05, 0) is 13.1 Å². The summed E-state index contributed by atoms with van der Waals surface area (Å²) in [6, 6.07) is 0. The number of nitrogens with one attached hydrogen (secondary N) is 1. The molecule has 0 rings (SSSR count). The molecule has 0 aliphatic carbocycles. The van der Waals surface area contributed by atoms with Gasteiger partial charge in [-0.25, -0.2) is 0 Å². The fourth-order valence-electron chi connectivity index (χ4n) is 0.209. The van der Waals surface area contributed by atoms with Crippen LogP contribution in [0.3, 0.4) is 0 Å². The Balaban J connectivity index is 3.36. The van der Waals surface area contributed by atoms with Crippen LogP contribution in [0, 0.1) is 0 Å². The molecular formula is C5H10N2. The van der Waals surface area contributed by atoms with Gasteiger partial charge in [0.25, 0.3) is 0 Å². The molecule has 40 valence electrons. The van der Waals surface area contributed by atoms with Gasteiger partial charge in [0.05, 0.1) is 0 Å². The molecule has 0 saturated carbocycles. The normalized spacial score (nSPS) is 10.7. The van der Waals surface area contributed by atoms with E-state index < -0.39 is 0 Å². The molecule has 7 heavy (non-hydrogen) atoms. The van der Waals surface area contributed by atoms with Crippen LogP contribution in [0.1, 0.15) is 6.92 Å². The molecular weight excluding hydrogens is 88.1 g/mol.